The first kappa shape index (κ1) is 19.4. The Labute approximate surface area is 161 Å². The molecule has 0 saturated carbocycles. The topological polar surface area (TPSA) is 58.6 Å². The molecule has 1 fully saturated rings. The number of carbonyl (C=O) groups is 1. The zero-order valence-electron chi connectivity index (χ0n) is 17.4. The molecule has 1 aliphatic rings. The number of benzene rings is 1. The smallest absolute Gasteiger partial charge is 0.410 e. The maximum absolute atomic E-state index is 12.6. The Morgan fingerprint density at radius 1 is 1.07 bits per heavy atom. The minimum Gasteiger partial charge on any atom is -0.444 e. The van der Waals surface area contributed by atoms with Crippen LogP contribution in [-0.2, 0) is 4.74 Å². The monoisotopic (exact) mass is 370 g/mol. The van der Waals surface area contributed by atoms with E-state index in [1.165, 1.54) is 0 Å². The van der Waals surface area contributed by atoms with Crippen molar-refractivity contribution in [2.75, 3.05) is 18.0 Å². The van der Waals surface area contributed by atoms with Gasteiger partial charge in [-0.05, 0) is 60.6 Å². The van der Waals surface area contributed by atoms with Crippen LogP contribution in [0.4, 0.5) is 10.5 Å². The molecule has 1 amide bonds. The van der Waals surface area contributed by atoms with E-state index in [-0.39, 0.29) is 18.2 Å². The average Bonchev–Trinajstić information content (AvgIpc) is 2.53. The van der Waals surface area contributed by atoms with Crippen LogP contribution in [0.1, 0.15) is 46.0 Å². The molecule has 1 aliphatic heterocycles. The van der Waals surface area contributed by atoms with Crippen molar-refractivity contribution in [2.24, 2.45) is 0 Å². The Kier molecular flexibility index (Phi) is 5.02. The fourth-order valence-electron chi connectivity index (χ4n) is 3.68. The van der Waals surface area contributed by atoms with Crippen LogP contribution in [0.3, 0.4) is 0 Å². The van der Waals surface area contributed by atoms with Crippen LogP contribution in [0, 0.1) is 13.8 Å². The second-order valence-electron chi connectivity index (χ2n) is 8.53. The lowest BCUT2D eigenvalue weighted by atomic mass is 10.1. The van der Waals surface area contributed by atoms with Crippen molar-refractivity contribution in [3.8, 4) is 0 Å². The van der Waals surface area contributed by atoms with Crippen LogP contribution in [0.5, 0.6) is 0 Å². The maximum Gasteiger partial charge on any atom is 0.410 e. The van der Waals surface area contributed by atoms with Gasteiger partial charge in [-0.2, -0.15) is 0 Å². The number of amides is 1. The lowest BCUT2D eigenvalue weighted by Gasteiger charge is -2.45. The number of hydrogen-bond donors (Lipinski definition) is 0. The fraction of sp³-hybridized carbons (Fsp3) is 0.571. The molecule has 0 bridgehead atoms. The summed E-state index contributed by atoms with van der Waals surface area (Å²) in [5.74, 6) is 0. The molecule has 3 rings (SSSR count). The Bertz CT molecular complexity index is 847. The van der Waals surface area contributed by atoms with Gasteiger partial charge in [-0.25, -0.2) is 14.8 Å². The lowest BCUT2D eigenvalue weighted by Crippen LogP contribution is -2.59. The summed E-state index contributed by atoms with van der Waals surface area (Å²) in [6.45, 7) is 15.3. The summed E-state index contributed by atoms with van der Waals surface area (Å²) in [4.78, 5) is 26.3. The highest BCUT2D eigenvalue weighted by molar-refractivity contribution is 5.88. The minimum atomic E-state index is -0.492. The highest BCUT2D eigenvalue weighted by Gasteiger charge is 2.36. The predicted octanol–water partition coefficient (Wildman–Crippen LogP) is 4.08. The van der Waals surface area contributed by atoms with Gasteiger partial charge in [-0.1, -0.05) is 6.07 Å². The molecule has 2 atom stereocenters. The van der Waals surface area contributed by atoms with Gasteiger partial charge in [0, 0.05) is 13.1 Å². The number of fused-ring (bicyclic) bond motifs is 1. The van der Waals surface area contributed by atoms with Crippen LogP contribution in [0.25, 0.3) is 11.0 Å². The second-order valence-corrected chi connectivity index (χ2v) is 8.53. The van der Waals surface area contributed by atoms with E-state index in [4.69, 9.17) is 9.72 Å². The number of ether oxygens (including phenoxy) is 1. The molecule has 0 N–H and O–H groups in total. The number of hydrogen-bond acceptors (Lipinski definition) is 5. The number of rotatable bonds is 1. The molecule has 6 heteroatoms. The third-order valence-electron chi connectivity index (χ3n) is 4.95. The summed E-state index contributed by atoms with van der Waals surface area (Å²) >= 11 is 0. The normalized spacial score (nSPS) is 20.9. The zero-order valence-corrected chi connectivity index (χ0v) is 17.4. The number of nitrogens with zero attached hydrogens (tertiary/aromatic N) is 4. The summed E-state index contributed by atoms with van der Waals surface area (Å²) in [6, 6.07) is 6.20. The Morgan fingerprint density at radius 2 is 1.67 bits per heavy atom. The molecule has 0 radical (unpaired) electrons. The van der Waals surface area contributed by atoms with Crippen molar-refractivity contribution in [2.45, 2.75) is 66.2 Å². The number of aromatic nitrogens is 2. The number of aryl methyl sites for hydroxylation is 2. The summed E-state index contributed by atoms with van der Waals surface area (Å²) in [5.41, 5.74) is 4.32. The molecular weight excluding hydrogens is 340 g/mol. The number of piperazine rings is 1. The molecule has 27 heavy (non-hydrogen) atoms. The van der Waals surface area contributed by atoms with E-state index in [9.17, 15) is 4.79 Å². The first-order valence-electron chi connectivity index (χ1n) is 9.57. The van der Waals surface area contributed by atoms with Crippen molar-refractivity contribution in [1.82, 2.24) is 14.9 Å². The van der Waals surface area contributed by atoms with E-state index in [2.05, 4.69) is 29.8 Å². The second kappa shape index (κ2) is 6.98. The van der Waals surface area contributed by atoms with Gasteiger partial charge >= 0.3 is 6.09 Å². The number of para-hydroxylation sites is 1. The standard InChI is InChI=1S/C21H30N4O2/c1-13-11-24(12-14(2)25(13)20(26)27-21(5,6)7)18-10-8-9-17-19(18)23-16(4)15(3)22-17/h8-10,13-14H,11-12H2,1-7H3/t13-,14+. The van der Waals surface area contributed by atoms with Crippen LogP contribution in [0.15, 0.2) is 18.2 Å². The predicted molar refractivity (Wildman–Crippen MR) is 108 cm³/mol. The van der Waals surface area contributed by atoms with E-state index in [0.717, 1.165) is 41.2 Å². The van der Waals surface area contributed by atoms with Gasteiger partial charge in [-0.15, -0.1) is 0 Å². The molecule has 2 heterocycles. The third-order valence-corrected chi connectivity index (χ3v) is 4.95. The first-order chi connectivity index (χ1) is 12.6. The highest BCUT2D eigenvalue weighted by atomic mass is 16.6. The number of anilines is 1. The molecule has 1 saturated heterocycles. The van der Waals surface area contributed by atoms with Crippen LogP contribution in [-0.4, -0.2) is 51.7 Å². The van der Waals surface area contributed by atoms with Crippen molar-refractivity contribution in [3.63, 3.8) is 0 Å². The minimum absolute atomic E-state index is 0.0401. The summed E-state index contributed by atoms with van der Waals surface area (Å²) < 4.78 is 5.60. The van der Waals surface area contributed by atoms with E-state index in [0.29, 0.717) is 0 Å². The summed E-state index contributed by atoms with van der Waals surface area (Å²) in [6.07, 6.45) is -0.244. The van der Waals surface area contributed by atoms with Gasteiger partial charge in [0.05, 0.1) is 34.7 Å². The zero-order chi connectivity index (χ0) is 19.9. The van der Waals surface area contributed by atoms with Crippen molar-refractivity contribution >= 4 is 22.8 Å². The van der Waals surface area contributed by atoms with E-state index < -0.39 is 5.60 Å². The third kappa shape index (κ3) is 3.99. The Hall–Kier alpha value is -2.37. The average molecular weight is 370 g/mol. The first-order valence-corrected chi connectivity index (χ1v) is 9.57. The Morgan fingerprint density at radius 3 is 2.26 bits per heavy atom. The SMILES string of the molecule is Cc1nc2cccc(N3C[C@@H](C)N(C(=O)OC(C)(C)C)[C@@H](C)C3)c2nc1C. The van der Waals surface area contributed by atoms with Crippen molar-refractivity contribution < 1.29 is 9.53 Å². The van der Waals surface area contributed by atoms with Crippen molar-refractivity contribution in [3.05, 3.63) is 29.6 Å². The molecule has 0 unspecified atom stereocenters. The number of carbonyl (C=O) groups excluding carboxylic acids is 1. The molecule has 0 spiro atoms. The summed E-state index contributed by atoms with van der Waals surface area (Å²) in [7, 11) is 0. The Balaban J connectivity index is 1.88. The van der Waals surface area contributed by atoms with Gasteiger partial charge in [-0.3, -0.25) is 4.90 Å². The van der Waals surface area contributed by atoms with Gasteiger partial charge in [0.2, 0.25) is 0 Å². The molecule has 6 nitrogen and oxygen atoms in total. The fourth-order valence-corrected chi connectivity index (χ4v) is 3.68. The van der Waals surface area contributed by atoms with Gasteiger partial charge in [0.25, 0.3) is 0 Å². The maximum atomic E-state index is 12.6. The summed E-state index contributed by atoms with van der Waals surface area (Å²) in [5, 5.41) is 0. The lowest BCUT2D eigenvalue weighted by molar-refractivity contribution is 0.00568. The van der Waals surface area contributed by atoms with Crippen LogP contribution >= 0.6 is 0 Å². The molecule has 1 aromatic heterocycles. The highest BCUT2D eigenvalue weighted by Crippen LogP contribution is 2.29. The molecule has 1 aromatic carbocycles. The van der Waals surface area contributed by atoms with Crippen LogP contribution in [0.2, 0.25) is 0 Å². The van der Waals surface area contributed by atoms with Gasteiger partial charge in [0.15, 0.2) is 0 Å². The van der Waals surface area contributed by atoms with E-state index in [1.807, 2.05) is 51.7 Å². The molecular formula is C21H30N4O2. The quantitative estimate of drug-likeness (QED) is 0.757. The molecule has 146 valence electrons. The largest absolute Gasteiger partial charge is 0.444 e. The van der Waals surface area contributed by atoms with E-state index >= 15 is 0 Å². The van der Waals surface area contributed by atoms with Gasteiger partial charge in [0.1, 0.15) is 11.1 Å². The van der Waals surface area contributed by atoms with Crippen LogP contribution < -0.4 is 4.90 Å². The molecule has 2 aromatic rings. The van der Waals surface area contributed by atoms with Crippen molar-refractivity contribution in [1.29, 1.82) is 0 Å². The molecule has 0 aliphatic carbocycles. The van der Waals surface area contributed by atoms with Gasteiger partial charge < -0.3 is 9.64 Å². The van der Waals surface area contributed by atoms with E-state index in [1.54, 1.807) is 0 Å².